The summed E-state index contributed by atoms with van der Waals surface area (Å²) in [5.41, 5.74) is 4.93. The van der Waals surface area contributed by atoms with E-state index >= 15 is 0 Å². The van der Waals surface area contributed by atoms with Gasteiger partial charge in [-0.25, -0.2) is 9.97 Å². The minimum Gasteiger partial charge on any atom is -0.378 e. The lowest BCUT2D eigenvalue weighted by Crippen LogP contribution is -2.40. The molecule has 1 amide bonds. The number of rotatable bonds is 5. The van der Waals surface area contributed by atoms with Crippen molar-refractivity contribution in [2.75, 3.05) is 32.1 Å². The summed E-state index contributed by atoms with van der Waals surface area (Å²) in [4.78, 5) is 24.2. The third-order valence-electron chi connectivity index (χ3n) is 5.07. The molecule has 7 heteroatoms. The van der Waals surface area contributed by atoms with Crippen molar-refractivity contribution in [1.29, 1.82) is 0 Å². The van der Waals surface area contributed by atoms with Gasteiger partial charge >= 0.3 is 0 Å². The van der Waals surface area contributed by atoms with Crippen LogP contribution in [0.5, 0.6) is 0 Å². The molecule has 28 heavy (non-hydrogen) atoms. The standard InChI is InChI=1S/C21H23N3O2S2/c1-14-3-4-16(11-15(14)2)17-12-28-21-19(17)20(22-13-23-21)27-10-5-18(25)24-6-8-26-9-7-24/h3-4,11-13H,5-10H2,1-2H3. The fraction of sp³-hybridized carbons (Fsp3) is 0.381. The first-order chi connectivity index (χ1) is 13.6. The minimum absolute atomic E-state index is 0.195. The van der Waals surface area contributed by atoms with Crippen LogP contribution in [0.2, 0.25) is 0 Å². The Morgan fingerprint density at radius 2 is 2.04 bits per heavy atom. The Balaban J connectivity index is 1.53. The number of aromatic nitrogens is 2. The largest absolute Gasteiger partial charge is 0.378 e. The van der Waals surface area contributed by atoms with Gasteiger partial charge in [-0.1, -0.05) is 18.2 Å². The van der Waals surface area contributed by atoms with Crippen LogP contribution in [-0.2, 0) is 9.53 Å². The summed E-state index contributed by atoms with van der Waals surface area (Å²) in [6, 6.07) is 6.54. The molecule has 0 saturated carbocycles. The summed E-state index contributed by atoms with van der Waals surface area (Å²) in [5.74, 6) is 0.908. The van der Waals surface area contributed by atoms with Gasteiger partial charge in [0.1, 0.15) is 16.2 Å². The molecule has 4 rings (SSSR count). The van der Waals surface area contributed by atoms with E-state index in [1.54, 1.807) is 29.4 Å². The fourth-order valence-corrected chi connectivity index (χ4v) is 5.21. The Morgan fingerprint density at radius 3 is 2.82 bits per heavy atom. The van der Waals surface area contributed by atoms with E-state index < -0.39 is 0 Å². The van der Waals surface area contributed by atoms with E-state index in [9.17, 15) is 4.79 Å². The first kappa shape index (κ1) is 19.4. The molecule has 1 fully saturated rings. The van der Waals surface area contributed by atoms with E-state index in [-0.39, 0.29) is 5.91 Å². The molecular formula is C21H23N3O2S2. The van der Waals surface area contributed by atoms with E-state index in [1.165, 1.54) is 22.3 Å². The monoisotopic (exact) mass is 413 g/mol. The number of benzene rings is 1. The Bertz CT molecular complexity index is 996. The summed E-state index contributed by atoms with van der Waals surface area (Å²) < 4.78 is 5.32. The summed E-state index contributed by atoms with van der Waals surface area (Å²) in [7, 11) is 0. The van der Waals surface area contributed by atoms with Gasteiger partial charge in [-0.15, -0.1) is 23.1 Å². The molecule has 3 heterocycles. The number of carbonyl (C=O) groups is 1. The smallest absolute Gasteiger partial charge is 0.223 e. The molecule has 0 radical (unpaired) electrons. The van der Waals surface area contributed by atoms with E-state index in [1.807, 2.05) is 4.90 Å². The zero-order valence-electron chi connectivity index (χ0n) is 16.1. The molecular weight excluding hydrogens is 390 g/mol. The molecule has 1 aliphatic heterocycles. The van der Waals surface area contributed by atoms with Gasteiger partial charge in [-0.2, -0.15) is 0 Å². The van der Waals surface area contributed by atoms with Crippen molar-refractivity contribution in [2.24, 2.45) is 0 Å². The van der Waals surface area contributed by atoms with Crippen molar-refractivity contribution in [3.05, 3.63) is 41.0 Å². The highest BCUT2D eigenvalue weighted by molar-refractivity contribution is 7.99. The van der Waals surface area contributed by atoms with Crippen LogP contribution >= 0.6 is 23.1 Å². The third-order valence-corrected chi connectivity index (χ3v) is 6.95. The zero-order chi connectivity index (χ0) is 19.5. The van der Waals surface area contributed by atoms with Crippen LogP contribution in [0.1, 0.15) is 17.5 Å². The SMILES string of the molecule is Cc1ccc(-c2csc3ncnc(SCCC(=O)N4CCOCC4)c23)cc1C. The summed E-state index contributed by atoms with van der Waals surface area (Å²) in [5, 5.41) is 4.21. The van der Waals surface area contributed by atoms with E-state index in [0.717, 1.165) is 15.2 Å². The van der Waals surface area contributed by atoms with Crippen molar-refractivity contribution in [3.8, 4) is 11.1 Å². The Hall–Kier alpha value is -1.96. The van der Waals surface area contributed by atoms with Crippen LogP contribution in [-0.4, -0.2) is 52.8 Å². The Labute approximate surface area is 173 Å². The Morgan fingerprint density at radius 1 is 1.21 bits per heavy atom. The number of fused-ring (bicyclic) bond motifs is 1. The second-order valence-corrected chi connectivity index (χ2v) is 8.84. The van der Waals surface area contributed by atoms with Gasteiger partial charge in [0.15, 0.2) is 0 Å². The molecule has 5 nitrogen and oxygen atoms in total. The van der Waals surface area contributed by atoms with Gasteiger partial charge in [0.25, 0.3) is 0 Å². The number of aryl methyl sites for hydroxylation is 2. The Kier molecular flexibility index (Phi) is 5.94. The topological polar surface area (TPSA) is 55.3 Å². The maximum atomic E-state index is 12.4. The number of hydrogen-bond acceptors (Lipinski definition) is 6. The van der Waals surface area contributed by atoms with E-state index in [4.69, 9.17) is 4.74 Å². The highest BCUT2D eigenvalue weighted by Gasteiger charge is 2.18. The van der Waals surface area contributed by atoms with Crippen LogP contribution in [0, 0.1) is 13.8 Å². The van der Waals surface area contributed by atoms with Gasteiger partial charge in [0, 0.05) is 36.2 Å². The number of carbonyl (C=O) groups excluding carboxylic acids is 1. The molecule has 146 valence electrons. The normalized spacial score (nSPS) is 14.6. The lowest BCUT2D eigenvalue weighted by atomic mass is 10.0. The van der Waals surface area contributed by atoms with Gasteiger partial charge in [0.05, 0.1) is 18.6 Å². The molecule has 0 spiro atoms. The van der Waals surface area contributed by atoms with Gasteiger partial charge in [-0.3, -0.25) is 4.79 Å². The predicted octanol–water partition coefficient (Wildman–Crippen LogP) is 4.32. The molecule has 3 aromatic rings. The summed E-state index contributed by atoms with van der Waals surface area (Å²) in [6.45, 7) is 6.93. The second kappa shape index (κ2) is 8.59. The number of hydrogen-bond donors (Lipinski definition) is 0. The lowest BCUT2D eigenvalue weighted by Gasteiger charge is -2.26. The molecule has 0 atom stereocenters. The van der Waals surface area contributed by atoms with Crippen LogP contribution in [0.25, 0.3) is 21.3 Å². The molecule has 0 N–H and O–H groups in total. The van der Waals surface area contributed by atoms with Crippen LogP contribution in [0.15, 0.2) is 34.9 Å². The van der Waals surface area contributed by atoms with Crippen molar-refractivity contribution >= 4 is 39.2 Å². The minimum atomic E-state index is 0.195. The van der Waals surface area contributed by atoms with Crippen LogP contribution < -0.4 is 0 Å². The average molecular weight is 414 g/mol. The number of morpholine rings is 1. The number of nitrogens with zero attached hydrogens (tertiary/aromatic N) is 3. The predicted molar refractivity (Wildman–Crippen MR) is 115 cm³/mol. The molecule has 1 saturated heterocycles. The molecule has 0 bridgehead atoms. The van der Waals surface area contributed by atoms with Crippen molar-refractivity contribution in [1.82, 2.24) is 14.9 Å². The molecule has 1 aromatic carbocycles. The van der Waals surface area contributed by atoms with Crippen LogP contribution in [0.4, 0.5) is 0 Å². The number of thiophene rings is 1. The fourth-order valence-electron chi connectivity index (χ4n) is 3.28. The van der Waals surface area contributed by atoms with Gasteiger partial charge < -0.3 is 9.64 Å². The first-order valence-electron chi connectivity index (χ1n) is 9.41. The number of amides is 1. The van der Waals surface area contributed by atoms with Gasteiger partial charge in [0.2, 0.25) is 5.91 Å². The van der Waals surface area contributed by atoms with E-state index in [0.29, 0.717) is 38.5 Å². The maximum absolute atomic E-state index is 12.4. The maximum Gasteiger partial charge on any atom is 0.223 e. The molecule has 1 aliphatic rings. The van der Waals surface area contributed by atoms with Crippen molar-refractivity contribution < 1.29 is 9.53 Å². The summed E-state index contributed by atoms with van der Waals surface area (Å²) >= 11 is 3.28. The highest BCUT2D eigenvalue weighted by Crippen LogP contribution is 2.38. The molecule has 0 unspecified atom stereocenters. The number of ether oxygens (including phenoxy) is 1. The molecule has 2 aromatic heterocycles. The average Bonchev–Trinajstić information content (AvgIpc) is 3.16. The van der Waals surface area contributed by atoms with Crippen LogP contribution in [0.3, 0.4) is 0 Å². The highest BCUT2D eigenvalue weighted by atomic mass is 32.2. The quantitative estimate of drug-likeness (QED) is 0.461. The lowest BCUT2D eigenvalue weighted by molar-refractivity contribution is -0.134. The van der Waals surface area contributed by atoms with E-state index in [2.05, 4.69) is 47.4 Å². The summed E-state index contributed by atoms with van der Waals surface area (Å²) in [6.07, 6.45) is 2.13. The molecule has 0 aliphatic carbocycles. The number of thioether (sulfide) groups is 1. The van der Waals surface area contributed by atoms with Gasteiger partial charge in [-0.05, 0) is 30.5 Å². The third kappa shape index (κ3) is 4.06. The van der Waals surface area contributed by atoms with Crippen molar-refractivity contribution in [2.45, 2.75) is 25.3 Å². The first-order valence-corrected chi connectivity index (χ1v) is 11.3. The second-order valence-electron chi connectivity index (χ2n) is 6.90. The van der Waals surface area contributed by atoms with Crippen molar-refractivity contribution in [3.63, 3.8) is 0 Å². The zero-order valence-corrected chi connectivity index (χ0v) is 17.7.